The third kappa shape index (κ3) is 5.64. The fourth-order valence-corrected chi connectivity index (χ4v) is 3.98. The van der Waals surface area contributed by atoms with E-state index in [0.717, 1.165) is 13.1 Å². The van der Waals surface area contributed by atoms with E-state index in [0.29, 0.717) is 30.1 Å². The summed E-state index contributed by atoms with van der Waals surface area (Å²) >= 11 is 0.300. The van der Waals surface area contributed by atoms with Crippen LogP contribution in [0.25, 0.3) is 0 Å². The number of nitrogens with zero attached hydrogens (tertiary/aromatic N) is 2. The van der Waals surface area contributed by atoms with Crippen molar-refractivity contribution in [1.29, 1.82) is 0 Å². The van der Waals surface area contributed by atoms with Crippen LogP contribution in [0.2, 0.25) is 0 Å². The molecule has 1 saturated heterocycles. The molecule has 140 valence electrons. The van der Waals surface area contributed by atoms with Gasteiger partial charge in [0.05, 0.1) is 5.56 Å². The number of likely N-dealkylation sites (tertiary alicyclic amines) is 1. The second kappa shape index (κ2) is 8.45. The van der Waals surface area contributed by atoms with Gasteiger partial charge in [-0.05, 0) is 56.0 Å². The molecule has 1 N–H and O–H groups in total. The Hall–Kier alpha value is -1.21. The van der Waals surface area contributed by atoms with Gasteiger partial charge in [-0.25, -0.2) is 4.98 Å². The molecule has 1 amide bonds. The summed E-state index contributed by atoms with van der Waals surface area (Å²) in [6, 6.07) is 3.12. The van der Waals surface area contributed by atoms with Gasteiger partial charge in [0.25, 0.3) is 11.7 Å². The van der Waals surface area contributed by atoms with Crippen LogP contribution in [0, 0.1) is 11.8 Å². The van der Waals surface area contributed by atoms with Crippen LogP contribution in [0.15, 0.2) is 23.4 Å². The van der Waals surface area contributed by atoms with E-state index in [2.05, 4.69) is 42.9 Å². The zero-order valence-electron chi connectivity index (χ0n) is 15.3. The Morgan fingerprint density at radius 2 is 2.04 bits per heavy atom. The molecule has 0 aromatic carbocycles. The normalized spacial score (nSPS) is 22.2. The van der Waals surface area contributed by atoms with E-state index in [1.165, 1.54) is 18.7 Å². The molecule has 2 rings (SSSR count). The average molecular weight is 371 g/mol. The van der Waals surface area contributed by atoms with Crippen molar-refractivity contribution in [3.05, 3.63) is 23.9 Å². The maximum absolute atomic E-state index is 12.6. The molecule has 0 aliphatic carbocycles. The summed E-state index contributed by atoms with van der Waals surface area (Å²) in [5.74, 6) is -1.70. The first kappa shape index (κ1) is 20.1. The Bertz CT molecular complexity index is 587. The molecule has 1 aromatic rings. The zero-order valence-corrected chi connectivity index (χ0v) is 16.1. The predicted molar refractivity (Wildman–Crippen MR) is 97.0 cm³/mol. The summed E-state index contributed by atoms with van der Waals surface area (Å²) < 4.78 is 25.3. The minimum Gasteiger partial charge on any atom is -0.350 e. The highest BCUT2D eigenvalue weighted by Crippen LogP contribution is 2.28. The van der Waals surface area contributed by atoms with Gasteiger partial charge < -0.3 is 5.32 Å². The average Bonchev–Trinajstić information content (AvgIpc) is 2.52. The summed E-state index contributed by atoms with van der Waals surface area (Å²) in [4.78, 5) is 18.8. The van der Waals surface area contributed by atoms with Crippen LogP contribution >= 0.6 is 11.8 Å². The molecule has 0 spiro atoms. The largest absolute Gasteiger partial charge is 0.350 e. The molecular weight excluding hydrogens is 344 g/mol. The Morgan fingerprint density at radius 3 is 2.64 bits per heavy atom. The van der Waals surface area contributed by atoms with Crippen LogP contribution in [0.3, 0.4) is 0 Å². The highest BCUT2D eigenvalue weighted by Gasteiger charge is 2.33. The third-order valence-electron chi connectivity index (χ3n) is 4.62. The van der Waals surface area contributed by atoms with E-state index in [4.69, 9.17) is 0 Å². The first-order valence-electron chi connectivity index (χ1n) is 8.62. The lowest BCUT2D eigenvalue weighted by atomic mass is 9.88. The molecule has 1 fully saturated rings. The number of piperidine rings is 1. The number of hydrogen-bond donors (Lipinski definition) is 1. The quantitative estimate of drug-likeness (QED) is 0.771. The lowest BCUT2D eigenvalue weighted by Gasteiger charge is -2.45. The molecular formula is C18H27F2N3OS. The SMILES string of the molecule is CC1CC(C)CN(C(C)(C)CNC(=O)c2cccnc2SC(F)F)C1. The van der Waals surface area contributed by atoms with Gasteiger partial charge in [0.15, 0.2) is 0 Å². The molecule has 7 heteroatoms. The van der Waals surface area contributed by atoms with Gasteiger partial charge in [0.1, 0.15) is 5.03 Å². The molecule has 2 atom stereocenters. The first-order chi connectivity index (χ1) is 11.7. The lowest BCUT2D eigenvalue weighted by Crippen LogP contribution is -2.56. The molecule has 25 heavy (non-hydrogen) atoms. The van der Waals surface area contributed by atoms with E-state index in [9.17, 15) is 13.6 Å². The van der Waals surface area contributed by atoms with E-state index < -0.39 is 5.76 Å². The maximum Gasteiger partial charge on any atom is 0.290 e. The van der Waals surface area contributed by atoms with Gasteiger partial charge in [-0.3, -0.25) is 9.69 Å². The number of alkyl halides is 2. The highest BCUT2D eigenvalue weighted by molar-refractivity contribution is 7.99. The van der Waals surface area contributed by atoms with Crippen molar-refractivity contribution in [3.8, 4) is 0 Å². The van der Waals surface area contributed by atoms with Crippen LogP contribution in [-0.4, -0.2) is 46.7 Å². The van der Waals surface area contributed by atoms with Gasteiger partial charge in [0.2, 0.25) is 0 Å². The van der Waals surface area contributed by atoms with Gasteiger partial charge in [-0.2, -0.15) is 8.78 Å². The number of carbonyl (C=O) groups excluding carboxylic acids is 1. The van der Waals surface area contributed by atoms with Crippen molar-refractivity contribution < 1.29 is 13.6 Å². The van der Waals surface area contributed by atoms with Crippen LogP contribution < -0.4 is 5.32 Å². The molecule has 2 heterocycles. The number of rotatable bonds is 6. The number of nitrogens with one attached hydrogen (secondary N) is 1. The molecule has 1 aromatic heterocycles. The zero-order chi connectivity index (χ0) is 18.6. The van der Waals surface area contributed by atoms with Crippen LogP contribution in [0.4, 0.5) is 8.78 Å². The predicted octanol–water partition coefficient (Wildman–Crippen LogP) is 3.88. The number of thioether (sulfide) groups is 1. The van der Waals surface area contributed by atoms with E-state index in [1.807, 2.05) is 0 Å². The van der Waals surface area contributed by atoms with Crippen molar-refractivity contribution in [3.63, 3.8) is 0 Å². The number of aromatic nitrogens is 1. The summed E-state index contributed by atoms with van der Waals surface area (Å²) in [6.45, 7) is 11.2. The second-order valence-corrected chi connectivity index (χ2v) is 8.56. The lowest BCUT2D eigenvalue weighted by molar-refractivity contribution is 0.0444. The van der Waals surface area contributed by atoms with Gasteiger partial charge >= 0.3 is 0 Å². The Balaban J connectivity index is 2.01. The Kier molecular flexibility index (Phi) is 6.79. The van der Waals surface area contributed by atoms with Crippen LogP contribution in [0.1, 0.15) is 44.5 Å². The number of amides is 1. The number of pyridine rings is 1. The monoisotopic (exact) mass is 371 g/mol. The molecule has 1 aliphatic heterocycles. The summed E-state index contributed by atoms with van der Waals surface area (Å²) in [5.41, 5.74) is 0.000540. The highest BCUT2D eigenvalue weighted by atomic mass is 32.2. The minimum absolute atomic E-state index is 0.0630. The van der Waals surface area contributed by atoms with E-state index in [-0.39, 0.29) is 22.0 Å². The number of carbonyl (C=O) groups is 1. The Labute approximate surface area is 152 Å². The van der Waals surface area contributed by atoms with Crippen LogP contribution in [-0.2, 0) is 0 Å². The topological polar surface area (TPSA) is 45.2 Å². The summed E-state index contributed by atoms with van der Waals surface area (Å²) in [6.07, 6.45) is 2.64. The first-order valence-corrected chi connectivity index (χ1v) is 9.50. The standard InChI is InChI=1S/C18H27F2N3OS/c1-12-8-13(2)10-23(9-12)18(3,4)11-22-15(24)14-6-5-7-21-16(14)25-17(19)20/h5-7,12-13,17H,8-11H2,1-4H3,(H,22,24). The fourth-order valence-electron chi connectivity index (χ4n) is 3.40. The molecule has 0 radical (unpaired) electrons. The van der Waals surface area contributed by atoms with E-state index >= 15 is 0 Å². The Morgan fingerprint density at radius 1 is 1.40 bits per heavy atom. The van der Waals surface area contributed by atoms with Crippen molar-refractivity contribution in [2.75, 3.05) is 19.6 Å². The molecule has 0 bridgehead atoms. The molecule has 4 nitrogen and oxygen atoms in total. The minimum atomic E-state index is -2.60. The van der Waals surface area contributed by atoms with Gasteiger partial charge in [-0.1, -0.05) is 13.8 Å². The van der Waals surface area contributed by atoms with Gasteiger partial charge in [0, 0.05) is 31.4 Å². The third-order valence-corrected chi connectivity index (χ3v) is 5.35. The van der Waals surface area contributed by atoms with Crippen molar-refractivity contribution in [1.82, 2.24) is 15.2 Å². The maximum atomic E-state index is 12.6. The van der Waals surface area contributed by atoms with Gasteiger partial charge in [-0.15, -0.1) is 0 Å². The number of hydrogen-bond acceptors (Lipinski definition) is 4. The van der Waals surface area contributed by atoms with Crippen molar-refractivity contribution in [2.24, 2.45) is 11.8 Å². The van der Waals surface area contributed by atoms with E-state index in [1.54, 1.807) is 6.07 Å². The molecule has 0 saturated carbocycles. The smallest absolute Gasteiger partial charge is 0.290 e. The molecule has 2 unspecified atom stereocenters. The molecule has 1 aliphatic rings. The second-order valence-electron chi connectivity index (χ2n) is 7.58. The number of halogens is 2. The van der Waals surface area contributed by atoms with Crippen molar-refractivity contribution in [2.45, 2.75) is 50.4 Å². The van der Waals surface area contributed by atoms with Crippen molar-refractivity contribution >= 4 is 17.7 Å². The van der Waals surface area contributed by atoms with Crippen LogP contribution in [0.5, 0.6) is 0 Å². The fraction of sp³-hybridized carbons (Fsp3) is 0.667. The summed E-state index contributed by atoms with van der Waals surface area (Å²) in [7, 11) is 0. The summed E-state index contributed by atoms with van der Waals surface area (Å²) in [5, 5.41) is 2.96.